The Morgan fingerprint density at radius 1 is 1.26 bits per heavy atom. The van der Waals surface area contributed by atoms with Crippen molar-refractivity contribution in [2.24, 2.45) is 5.92 Å². The smallest absolute Gasteiger partial charge is 0.360 e. The molecule has 3 rings (SSSR count). The quantitative estimate of drug-likeness (QED) is 0.688. The molecule has 1 aliphatic rings. The predicted octanol–water partition coefficient (Wildman–Crippen LogP) is 2.88. The molecule has 2 aromatic rings. The molecule has 0 unspecified atom stereocenters. The lowest BCUT2D eigenvalue weighted by molar-refractivity contribution is 0.0594. The maximum absolute atomic E-state index is 13.0. The molecule has 1 aliphatic heterocycles. The first-order valence-corrected chi connectivity index (χ1v) is 8.69. The molecule has 27 heavy (non-hydrogen) atoms. The summed E-state index contributed by atoms with van der Waals surface area (Å²) in [5, 5.41) is 0. The minimum atomic E-state index is -0.583. The molecule has 1 amide bonds. The summed E-state index contributed by atoms with van der Waals surface area (Å²) in [6.45, 7) is 5.00. The van der Waals surface area contributed by atoms with Gasteiger partial charge in [-0.2, -0.15) is 0 Å². The zero-order chi connectivity index (χ0) is 19.4. The van der Waals surface area contributed by atoms with Crippen LogP contribution in [0.5, 0.6) is 11.5 Å². The summed E-state index contributed by atoms with van der Waals surface area (Å²) in [4.78, 5) is 30.3. The van der Waals surface area contributed by atoms with Crippen molar-refractivity contribution in [1.29, 1.82) is 0 Å². The lowest BCUT2D eigenvalue weighted by atomic mass is 10.1. The Morgan fingerprint density at radius 2 is 2.04 bits per heavy atom. The third-order valence-electron chi connectivity index (χ3n) is 4.16. The maximum Gasteiger partial charge on any atom is 0.360 e. The topological polar surface area (TPSA) is 91.1 Å². The second kappa shape index (κ2) is 8.11. The van der Waals surface area contributed by atoms with E-state index in [4.69, 9.17) is 13.9 Å². The first-order valence-electron chi connectivity index (χ1n) is 8.69. The molecule has 0 saturated carbocycles. The van der Waals surface area contributed by atoms with Crippen molar-refractivity contribution in [3.8, 4) is 11.5 Å². The first-order chi connectivity index (χ1) is 13.0. The van der Waals surface area contributed by atoms with Gasteiger partial charge in [-0.05, 0) is 30.5 Å². The second-order valence-corrected chi connectivity index (χ2v) is 6.60. The molecule has 0 spiro atoms. The van der Waals surface area contributed by atoms with Crippen LogP contribution in [0.25, 0.3) is 0 Å². The molecule has 2 heterocycles. The van der Waals surface area contributed by atoms with Crippen LogP contribution in [0.3, 0.4) is 0 Å². The molecule has 0 bridgehead atoms. The van der Waals surface area contributed by atoms with Crippen molar-refractivity contribution in [3.05, 3.63) is 41.6 Å². The lowest BCUT2D eigenvalue weighted by Crippen LogP contribution is -2.32. The summed E-state index contributed by atoms with van der Waals surface area (Å²) in [6.07, 6.45) is 2.05. The normalized spacial score (nSPS) is 12.3. The highest BCUT2D eigenvalue weighted by molar-refractivity contribution is 5.95. The number of carbonyl (C=O) groups is 2. The summed E-state index contributed by atoms with van der Waals surface area (Å²) in [5.74, 6) is 1.11. The van der Waals surface area contributed by atoms with Crippen LogP contribution in [0.4, 0.5) is 0 Å². The van der Waals surface area contributed by atoms with Crippen LogP contribution in [0, 0.1) is 5.92 Å². The maximum atomic E-state index is 13.0. The van der Waals surface area contributed by atoms with Crippen molar-refractivity contribution < 1.29 is 28.2 Å². The van der Waals surface area contributed by atoms with Gasteiger partial charge in [0.15, 0.2) is 17.2 Å². The van der Waals surface area contributed by atoms with E-state index in [2.05, 4.69) is 23.6 Å². The fourth-order valence-electron chi connectivity index (χ4n) is 2.62. The monoisotopic (exact) mass is 374 g/mol. The van der Waals surface area contributed by atoms with E-state index in [1.807, 2.05) is 0 Å². The van der Waals surface area contributed by atoms with E-state index in [9.17, 15) is 9.59 Å². The molecule has 0 atom stereocenters. The highest BCUT2D eigenvalue weighted by Crippen LogP contribution is 2.33. The van der Waals surface area contributed by atoms with Gasteiger partial charge in [-0.3, -0.25) is 4.79 Å². The molecule has 144 valence electrons. The molecule has 0 N–H and O–H groups in total. The highest BCUT2D eigenvalue weighted by atomic mass is 16.7. The second-order valence-electron chi connectivity index (χ2n) is 6.60. The van der Waals surface area contributed by atoms with Crippen LogP contribution < -0.4 is 9.47 Å². The Morgan fingerprint density at radius 3 is 2.78 bits per heavy atom. The largest absolute Gasteiger partial charge is 0.464 e. The molecule has 8 heteroatoms. The number of hydrogen-bond donors (Lipinski definition) is 0. The predicted molar refractivity (Wildman–Crippen MR) is 94.6 cm³/mol. The summed E-state index contributed by atoms with van der Waals surface area (Å²) < 4.78 is 20.6. The Hall–Kier alpha value is -3.03. The number of aromatic nitrogens is 1. The summed E-state index contributed by atoms with van der Waals surface area (Å²) in [7, 11) is 1.27. The van der Waals surface area contributed by atoms with Gasteiger partial charge >= 0.3 is 5.97 Å². The van der Waals surface area contributed by atoms with Gasteiger partial charge in [-0.15, -0.1) is 0 Å². The molecule has 0 saturated heterocycles. The van der Waals surface area contributed by atoms with Crippen molar-refractivity contribution in [3.63, 3.8) is 0 Å². The van der Waals surface area contributed by atoms with Crippen LogP contribution in [-0.4, -0.2) is 42.2 Å². The number of hydrogen-bond acceptors (Lipinski definition) is 7. The number of ether oxygens (including phenoxy) is 3. The Labute approximate surface area is 157 Å². The van der Waals surface area contributed by atoms with Crippen molar-refractivity contribution in [2.75, 3.05) is 20.4 Å². The van der Waals surface area contributed by atoms with Crippen LogP contribution >= 0.6 is 0 Å². The van der Waals surface area contributed by atoms with Crippen molar-refractivity contribution >= 4 is 11.9 Å². The Bertz CT molecular complexity index is 829. The average Bonchev–Trinajstić information content (AvgIpc) is 3.32. The van der Waals surface area contributed by atoms with E-state index in [0.29, 0.717) is 29.5 Å². The number of oxazole rings is 1. The fraction of sp³-hybridized carbons (Fsp3) is 0.421. The Kier molecular flexibility index (Phi) is 5.63. The van der Waals surface area contributed by atoms with Gasteiger partial charge in [-0.25, -0.2) is 9.78 Å². The zero-order valence-corrected chi connectivity index (χ0v) is 15.6. The molecule has 1 aromatic carbocycles. The van der Waals surface area contributed by atoms with Crippen molar-refractivity contribution in [2.45, 2.75) is 26.8 Å². The zero-order valence-electron chi connectivity index (χ0n) is 15.6. The minimum absolute atomic E-state index is 0.0758. The van der Waals surface area contributed by atoms with Gasteiger partial charge in [0.2, 0.25) is 12.7 Å². The number of carbonyl (C=O) groups excluding carboxylic acids is 2. The number of benzene rings is 1. The average molecular weight is 374 g/mol. The Balaban J connectivity index is 1.78. The number of rotatable bonds is 7. The number of nitrogens with zero attached hydrogens (tertiary/aromatic N) is 2. The van der Waals surface area contributed by atoms with E-state index in [-0.39, 0.29) is 30.8 Å². The van der Waals surface area contributed by atoms with E-state index in [1.54, 1.807) is 23.1 Å². The first kappa shape index (κ1) is 18.8. The highest BCUT2D eigenvalue weighted by Gasteiger charge is 2.23. The minimum Gasteiger partial charge on any atom is -0.464 e. The van der Waals surface area contributed by atoms with E-state index in [0.717, 1.165) is 6.42 Å². The number of esters is 1. The molecule has 0 aliphatic carbocycles. The van der Waals surface area contributed by atoms with Crippen LogP contribution in [0.2, 0.25) is 0 Å². The molecule has 1 aromatic heterocycles. The number of fused-ring (bicyclic) bond motifs is 1. The van der Waals surface area contributed by atoms with Gasteiger partial charge in [0, 0.05) is 12.1 Å². The molecule has 0 fully saturated rings. The van der Waals surface area contributed by atoms with Crippen LogP contribution in [0.15, 0.2) is 28.9 Å². The number of amides is 1. The van der Waals surface area contributed by atoms with Crippen LogP contribution in [0.1, 0.15) is 47.0 Å². The van der Waals surface area contributed by atoms with Gasteiger partial charge in [0.05, 0.1) is 13.7 Å². The third-order valence-corrected chi connectivity index (χ3v) is 4.16. The lowest BCUT2D eigenvalue weighted by Gasteiger charge is -2.22. The van der Waals surface area contributed by atoms with Crippen LogP contribution in [-0.2, 0) is 11.3 Å². The molecular formula is C19H22N2O6. The van der Waals surface area contributed by atoms with Gasteiger partial charge in [0.1, 0.15) is 6.26 Å². The standard InChI is InChI=1S/C19H22N2O6/c1-12(2)6-7-21(9-17-20-14(10-25-17)19(23)24-3)18(22)13-4-5-15-16(8-13)27-11-26-15/h4-5,8,10,12H,6-7,9,11H2,1-3H3. The third kappa shape index (κ3) is 4.39. The van der Waals surface area contributed by atoms with E-state index in [1.165, 1.54) is 13.4 Å². The van der Waals surface area contributed by atoms with Gasteiger partial charge in [-0.1, -0.05) is 13.8 Å². The van der Waals surface area contributed by atoms with E-state index < -0.39 is 5.97 Å². The SMILES string of the molecule is COC(=O)c1coc(CN(CCC(C)C)C(=O)c2ccc3c(c2)OCO3)n1. The van der Waals surface area contributed by atoms with E-state index >= 15 is 0 Å². The van der Waals surface area contributed by atoms with Gasteiger partial charge in [0.25, 0.3) is 5.91 Å². The summed E-state index contributed by atoms with van der Waals surface area (Å²) in [6, 6.07) is 5.09. The summed E-state index contributed by atoms with van der Waals surface area (Å²) >= 11 is 0. The summed E-state index contributed by atoms with van der Waals surface area (Å²) in [5.41, 5.74) is 0.564. The van der Waals surface area contributed by atoms with Gasteiger partial charge < -0.3 is 23.5 Å². The number of methoxy groups -OCH3 is 1. The molecular weight excluding hydrogens is 352 g/mol. The molecule has 8 nitrogen and oxygen atoms in total. The van der Waals surface area contributed by atoms with Crippen molar-refractivity contribution in [1.82, 2.24) is 9.88 Å². The fourth-order valence-corrected chi connectivity index (χ4v) is 2.62. The molecule has 0 radical (unpaired) electrons.